The minimum Gasteiger partial charge on any atom is -0.458 e. The molecule has 10 aromatic rings. The number of nitriles is 1. The number of fused-ring (bicyclic) bond motifs is 4. The molecule has 0 aliphatic rings. The number of aromatic nitrogens is 4. The Bertz CT molecular complexity index is 3700. The summed E-state index contributed by atoms with van der Waals surface area (Å²) in [6.07, 6.45) is 5.20. The monoisotopic (exact) mass is 771 g/mol. The van der Waals surface area contributed by atoms with Gasteiger partial charge in [0.2, 0.25) is 0 Å². The second-order valence-corrected chi connectivity index (χ2v) is 15.1. The number of hydrogen-bond donors (Lipinski definition) is 0. The summed E-state index contributed by atoms with van der Waals surface area (Å²) in [7, 11) is 0. The summed E-state index contributed by atoms with van der Waals surface area (Å²) < 4.78 is 98.9. The largest absolute Gasteiger partial charge is 0.458 e. The third-order valence-electron chi connectivity index (χ3n) is 10.4. The number of ether oxygens (including phenoxy) is 1. The summed E-state index contributed by atoms with van der Waals surface area (Å²) in [6, 6.07) is 31.7. The average molecular weight is 772 g/mol. The van der Waals surface area contributed by atoms with Gasteiger partial charge in [-0.05, 0) is 81.8 Å². The molecule has 0 radical (unpaired) electrons. The summed E-state index contributed by atoms with van der Waals surface area (Å²) in [6.45, 7) is 6.48. The summed E-state index contributed by atoms with van der Waals surface area (Å²) in [5.74, 6) is 1.58. The molecule has 7 aromatic carbocycles. The van der Waals surface area contributed by atoms with Crippen LogP contribution in [0, 0.1) is 17.7 Å². The third kappa shape index (κ3) is 6.40. The molecule has 0 saturated carbocycles. The zero-order valence-electron chi connectivity index (χ0n) is 42.2. The molecule has 282 valence electrons. The number of hydrogen-bond acceptors (Lipinski definition) is 3. The van der Waals surface area contributed by atoms with E-state index < -0.39 is 60.4 Å². The number of rotatable bonds is 7. The minimum atomic E-state index is -0.589. The number of para-hydroxylation sites is 4. The molecule has 0 atom stereocenters. The van der Waals surface area contributed by atoms with E-state index in [1.54, 1.807) is 63.7 Å². The smallest absolute Gasteiger partial charge is 0.269 e. The molecule has 0 amide bonds. The second-order valence-electron chi connectivity index (χ2n) is 15.1. The SMILES string of the molecule is [2H]c1c([2H])c([2H])c(-c2cccc(-c3c([2H])c([2H])c([2H])c([2H])c3[2H])c2-[n+]2[c-]n(-c3cc(C#N)cc(Oc4ccc5c6ccccc6n(-c6cc(C(C)(C)C)ccn6)c5c4)c3)c3ccccc32)c([2H])c1[2H]. The van der Waals surface area contributed by atoms with E-state index in [-0.39, 0.29) is 38.9 Å². The third-order valence-corrected chi connectivity index (χ3v) is 10.4. The first-order valence-corrected chi connectivity index (χ1v) is 18.9. The molecule has 6 heteroatoms. The number of imidazole rings is 1. The zero-order chi connectivity index (χ0) is 48.8. The number of nitrogens with zero attached hydrogens (tertiary/aromatic N) is 5. The van der Waals surface area contributed by atoms with E-state index in [1.807, 2.05) is 48.7 Å². The first-order valence-electron chi connectivity index (χ1n) is 23.9. The Hall–Kier alpha value is -7.75. The molecule has 10 rings (SSSR count). The Morgan fingerprint density at radius 3 is 2.07 bits per heavy atom. The molecule has 6 nitrogen and oxygen atoms in total. The molecule has 0 bridgehead atoms. The van der Waals surface area contributed by atoms with Gasteiger partial charge in [-0.15, -0.1) is 0 Å². The number of benzene rings is 7. The van der Waals surface area contributed by atoms with Crippen LogP contribution in [0.25, 0.3) is 72.3 Å². The van der Waals surface area contributed by atoms with Crippen molar-refractivity contribution in [1.82, 2.24) is 14.1 Å². The molecule has 0 fully saturated rings. The maximum absolute atomic E-state index is 10.4. The van der Waals surface area contributed by atoms with Crippen LogP contribution < -0.4 is 9.30 Å². The van der Waals surface area contributed by atoms with Crippen molar-refractivity contribution < 1.29 is 23.0 Å². The van der Waals surface area contributed by atoms with E-state index in [9.17, 15) is 5.26 Å². The minimum absolute atomic E-state index is 0.114. The van der Waals surface area contributed by atoms with Gasteiger partial charge in [0.1, 0.15) is 17.3 Å². The van der Waals surface area contributed by atoms with Crippen LogP contribution >= 0.6 is 0 Å². The molecule has 0 saturated heterocycles. The Labute approximate surface area is 357 Å². The fourth-order valence-corrected chi connectivity index (χ4v) is 7.61. The van der Waals surface area contributed by atoms with Gasteiger partial charge >= 0.3 is 0 Å². The van der Waals surface area contributed by atoms with Gasteiger partial charge in [-0.25, -0.2) is 4.98 Å². The lowest BCUT2D eigenvalue weighted by molar-refractivity contribution is -0.571. The fourth-order valence-electron chi connectivity index (χ4n) is 7.61. The van der Waals surface area contributed by atoms with Gasteiger partial charge in [0.25, 0.3) is 6.33 Å². The predicted molar refractivity (Wildman–Crippen MR) is 237 cm³/mol. The molecule has 0 N–H and O–H groups in total. The van der Waals surface area contributed by atoms with Gasteiger partial charge in [-0.2, -0.15) is 5.26 Å². The second kappa shape index (κ2) is 14.3. The van der Waals surface area contributed by atoms with Gasteiger partial charge < -0.3 is 4.74 Å². The topological polar surface area (TPSA) is 59.6 Å². The van der Waals surface area contributed by atoms with Crippen LogP contribution in [0.1, 0.15) is 45.6 Å². The molecular weight excluding hydrogens is 723 g/mol. The highest BCUT2D eigenvalue weighted by Crippen LogP contribution is 2.38. The molecule has 3 heterocycles. The van der Waals surface area contributed by atoms with Crippen LogP contribution in [-0.4, -0.2) is 14.1 Å². The highest BCUT2D eigenvalue weighted by Gasteiger charge is 2.21. The molecule has 0 unspecified atom stereocenters. The van der Waals surface area contributed by atoms with E-state index >= 15 is 0 Å². The summed E-state index contributed by atoms with van der Waals surface area (Å²) in [5.41, 5.74) is 4.62. The predicted octanol–water partition coefficient (Wildman–Crippen LogP) is 12.5. The Morgan fingerprint density at radius 1 is 0.678 bits per heavy atom. The van der Waals surface area contributed by atoms with Gasteiger partial charge in [0.05, 0.1) is 58.8 Å². The van der Waals surface area contributed by atoms with Gasteiger partial charge in [0.15, 0.2) is 0 Å². The van der Waals surface area contributed by atoms with E-state index in [4.69, 9.17) is 23.4 Å². The molecule has 3 aromatic heterocycles. The number of pyridine rings is 1. The van der Waals surface area contributed by atoms with E-state index in [0.717, 1.165) is 33.2 Å². The summed E-state index contributed by atoms with van der Waals surface area (Å²) in [4.78, 5) is 4.80. The Morgan fingerprint density at radius 2 is 1.36 bits per heavy atom. The summed E-state index contributed by atoms with van der Waals surface area (Å²) >= 11 is 0. The van der Waals surface area contributed by atoms with Crippen LogP contribution in [0.2, 0.25) is 0 Å². The van der Waals surface area contributed by atoms with Crippen molar-refractivity contribution in [2.24, 2.45) is 0 Å². The highest BCUT2D eigenvalue weighted by molar-refractivity contribution is 6.09. The lowest BCUT2D eigenvalue weighted by Crippen LogP contribution is -2.31. The fraction of sp³-hybridized carbons (Fsp3) is 0.0755. The normalized spacial score (nSPS) is 14.0. The highest BCUT2D eigenvalue weighted by atomic mass is 16.5. The van der Waals surface area contributed by atoms with Crippen molar-refractivity contribution in [3.63, 3.8) is 0 Å². The average Bonchev–Trinajstić information content (AvgIpc) is 3.89. The van der Waals surface area contributed by atoms with E-state index in [1.165, 1.54) is 0 Å². The lowest BCUT2D eigenvalue weighted by Gasteiger charge is -2.20. The van der Waals surface area contributed by atoms with Crippen molar-refractivity contribution in [2.75, 3.05) is 0 Å². The Kier molecular flexibility index (Phi) is 6.37. The molecular formula is C53H39N5O. The van der Waals surface area contributed by atoms with Crippen molar-refractivity contribution in [2.45, 2.75) is 26.2 Å². The standard InChI is InChI=1S/C53H39N5O/c1-53(2,3)39-27-28-55-51(31-39)58-47-22-11-10-19-45(47)46-26-25-41(33-50(46)58)59-42-30-36(34-54)29-40(32-42)56-35-57(49-24-13-12-23-48(49)56)52-43(37-15-6-4-7-16-37)20-14-21-44(52)38-17-8-5-9-18-38/h4-33H,1-3H3/i4D,5D,6D,7D,8D,9D,15D,16D,17D,18D. The van der Waals surface area contributed by atoms with E-state index in [2.05, 4.69) is 55.9 Å². The van der Waals surface area contributed by atoms with Crippen LogP contribution in [-0.2, 0) is 5.41 Å². The van der Waals surface area contributed by atoms with Crippen LogP contribution in [0.5, 0.6) is 11.5 Å². The van der Waals surface area contributed by atoms with Gasteiger partial charge in [0, 0.05) is 23.0 Å². The first kappa shape index (κ1) is 26.2. The van der Waals surface area contributed by atoms with Crippen molar-refractivity contribution in [3.8, 4) is 57.0 Å². The van der Waals surface area contributed by atoms with E-state index in [0.29, 0.717) is 28.2 Å². The van der Waals surface area contributed by atoms with Crippen molar-refractivity contribution in [3.05, 3.63) is 199 Å². The van der Waals surface area contributed by atoms with Crippen LogP contribution in [0.4, 0.5) is 0 Å². The summed E-state index contributed by atoms with van der Waals surface area (Å²) in [5, 5.41) is 12.5. The van der Waals surface area contributed by atoms with Gasteiger partial charge in [-0.1, -0.05) is 142 Å². The molecule has 0 spiro atoms. The maximum atomic E-state index is 10.4. The van der Waals surface area contributed by atoms with Crippen molar-refractivity contribution >= 4 is 32.8 Å². The van der Waals surface area contributed by atoms with Gasteiger partial charge in [-0.3, -0.25) is 13.7 Å². The molecule has 59 heavy (non-hydrogen) atoms. The van der Waals surface area contributed by atoms with Crippen LogP contribution in [0.15, 0.2) is 182 Å². The van der Waals surface area contributed by atoms with Crippen molar-refractivity contribution in [1.29, 1.82) is 5.26 Å². The quantitative estimate of drug-likeness (QED) is 0.120. The lowest BCUT2D eigenvalue weighted by atomic mass is 9.88. The maximum Gasteiger partial charge on any atom is 0.269 e. The first-order chi connectivity index (χ1) is 33.0. The molecule has 0 aliphatic carbocycles. The molecule has 0 aliphatic heterocycles. The zero-order valence-corrected chi connectivity index (χ0v) is 32.2. The van der Waals surface area contributed by atoms with Crippen LogP contribution in [0.3, 0.4) is 0 Å². The Balaban J connectivity index is 1.18.